The van der Waals surface area contributed by atoms with Crippen molar-refractivity contribution in [1.29, 1.82) is 0 Å². The van der Waals surface area contributed by atoms with E-state index in [1.807, 2.05) is 18.2 Å². The Morgan fingerprint density at radius 1 is 1.07 bits per heavy atom. The first-order valence-electron chi connectivity index (χ1n) is 8.18. The van der Waals surface area contributed by atoms with Gasteiger partial charge in [-0.15, -0.1) is 13.2 Å². The molecule has 146 valence electrons. The topological polar surface area (TPSA) is 44.0 Å². The Bertz CT molecular complexity index is 923. The van der Waals surface area contributed by atoms with Crippen molar-refractivity contribution in [3.63, 3.8) is 0 Å². The molecule has 3 rings (SSSR count). The van der Waals surface area contributed by atoms with Crippen LogP contribution in [-0.4, -0.2) is 12.6 Å². The fraction of sp³-hybridized carbons (Fsp3) is 0.150. The summed E-state index contributed by atoms with van der Waals surface area (Å²) in [5.41, 5.74) is 1.51. The summed E-state index contributed by atoms with van der Waals surface area (Å²) >= 11 is 5.82. The average Bonchev–Trinajstić information content (AvgIpc) is 3.16. The molecule has 2 aromatic carbocycles. The predicted octanol–water partition coefficient (Wildman–Crippen LogP) is 6.03. The van der Waals surface area contributed by atoms with E-state index in [2.05, 4.69) is 9.73 Å². The Hall–Kier alpha value is -2.93. The van der Waals surface area contributed by atoms with Crippen LogP contribution in [0.4, 0.5) is 13.2 Å². The maximum atomic E-state index is 12.3. The Morgan fingerprint density at radius 3 is 2.50 bits per heavy atom. The SMILES string of the molecule is FC(F)(F)Oc1ccc(COc2ccc(C=NCc3ccco3)cc2)cc1Cl. The third-order valence-electron chi connectivity index (χ3n) is 3.58. The second-order valence-electron chi connectivity index (χ2n) is 5.72. The highest BCUT2D eigenvalue weighted by molar-refractivity contribution is 6.32. The van der Waals surface area contributed by atoms with Gasteiger partial charge in [-0.2, -0.15) is 0 Å². The molecule has 0 amide bonds. The third kappa shape index (κ3) is 6.06. The molecular formula is C20H15ClF3NO3. The number of alkyl halides is 3. The lowest BCUT2D eigenvalue weighted by Crippen LogP contribution is -2.17. The molecule has 1 heterocycles. The maximum Gasteiger partial charge on any atom is 0.573 e. The van der Waals surface area contributed by atoms with Crippen molar-refractivity contribution in [2.45, 2.75) is 19.5 Å². The lowest BCUT2D eigenvalue weighted by Gasteiger charge is -2.12. The molecule has 4 nitrogen and oxygen atoms in total. The molecule has 0 aliphatic carbocycles. The van der Waals surface area contributed by atoms with E-state index in [1.165, 1.54) is 12.1 Å². The number of hydrogen-bond donors (Lipinski definition) is 0. The summed E-state index contributed by atoms with van der Waals surface area (Å²) in [6.07, 6.45) is -1.46. The van der Waals surface area contributed by atoms with Gasteiger partial charge in [-0.05, 0) is 59.7 Å². The molecule has 0 atom stereocenters. The van der Waals surface area contributed by atoms with E-state index < -0.39 is 12.1 Å². The van der Waals surface area contributed by atoms with Crippen LogP contribution >= 0.6 is 11.6 Å². The Balaban J connectivity index is 1.53. The molecule has 28 heavy (non-hydrogen) atoms. The van der Waals surface area contributed by atoms with Gasteiger partial charge in [0.25, 0.3) is 0 Å². The summed E-state index contributed by atoms with van der Waals surface area (Å²) < 4.78 is 51.4. The second-order valence-corrected chi connectivity index (χ2v) is 6.13. The number of aliphatic imine (C=N–C) groups is 1. The summed E-state index contributed by atoms with van der Waals surface area (Å²) in [4.78, 5) is 4.28. The van der Waals surface area contributed by atoms with Crippen LogP contribution < -0.4 is 9.47 Å². The standard InChI is InChI=1S/C20H15ClF3NO3/c21-18-10-15(5-8-19(18)28-20(22,23)24)13-27-16-6-3-14(4-7-16)11-25-12-17-2-1-9-26-17/h1-11H,12-13H2. The number of halogens is 4. The number of ether oxygens (including phenoxy) is 2. The molecule has 0 saturated heterocycles. The first-order valence-corrected chi connectivity index (χ1v) is 8.56. The lowest BCUT2D eigenvalue weighted by atomic mass is 10.2. The highest BCUT2D eigenvalue weighted by atomic mass is 35.5. The van der Waals surface area contributed by atoms with E-state index in [-0.39, 0.29) is 11.6 Å². The van der Waals surface area contributed by atoms with Gasteiger partial charge in [-0.1, -0.05) is 17.7 Å². The normalized spacial score (nSPS) is 11.7. The molecule has 0 N–H and O–H groups in total. The van der Waals surface area contributed by atoms with E-state index in [0.29, 0.717) is 17.9 Å². The molecule has 3 aromatic rings. The van der Waals surface area contributed by atoms with Gasteiger partial charge in [-0.25, -0.2) is 0 Å². The van der Waals surface area contributed by atoms with Gasteiger partial charge in [0.05, 0.1) is 17.8 Å². The highest BCUT2D eigenvalue weighted by Gasteiger charge is 2.32. The van der Waals surface area contributed by atoms with Gasteiger partial charge < -0.3 is 13.9 Å². The summed E-state index contributed by atoms with van der Waals surface area (Å²) in [5.74, 6) is 0.938. The van der Waals surface area contributed by atoms with Crippen LogP contribution in [0.3, 0.4) is 0 Å². The summed E-state index contributed by atoms with van der Waals surface area (Å²) in [6, 6.07) is 14.9. The number of benzene rings is 2. The quantitative estimate of drug-likeness (QED) is 0.447. The van der Waals surface area contributed by atoms with Crippen LogP contribution in [0.2, 0.25) is 5.02 Å². The summed E-state index contributed by atoms with van der Waals surface area (Å²) in [7, 11) is 0. The van der Waals surface area contributed by atoms with E-state index in [9.17, 15) is 13.2 Å². The summed E-state index contributed by atoms with van der Waals surface area (Å²) in [5, 5.41) is -0.137. The van der Waals surface area contributed by atoms with E-state index in [0.717, 1.165) is 17.4 Å². The van der Waals surface area contributed by atoms with Gasteiger partial charge in [0.1, 0.15) is 23.9 Å². The van der Waals surface area contributed by atoms with Gasteiger partial charge in [0.2, 0.25) is 0 Å². The molecule has 0 aliphatic rings. The molecule has 0 spiro atoms. The van der Waals surface area contributed by atoms with Crippen molar-refractivity contribution >= 4 is 17.8 Å². The van der Waals surface area contributed by atoms with E-state index >= 15 is 0 Å². The van der Waals surface area contributed by atoms with Crippen LogP contribution in [0.1, 0.15) is 16.9 Å². The second kappa shape index (κ2) is 8.84. The van der Waals surface area contributed by atoms with Crippen LogP contribution in [0.5, 0.6) is 11.5 Å². The number of furan rings is 1. The van der Waals surface area contributed by atoms with E-state index in [4.69, 9.17) is 20.8 Å². The smallest absolute Gasteiger partial charge is 0.489 e. The minimum atomic E-state index is -4.79. The molecule has 0 aliphatic heterocycles. The van der Waals surface area contributed by atoms with E-state index in [1.54, 1.807) is 30.7 Å². The van der Waals surface area contributed by atoms with Crippen LogP contribution in [0.25, 0.3) is 0 Å². The Morgan fingerprint density at radius 2 is 1.86 bits per heavy atom. The Labute approximate surface area is 164 Å². The van der Waals surface area contributed by atoms with Gasteiger partial charge in [0, 0.05) is 6.21 Å². The fourth-order valence-electron chi connectivity index (χ4n) is 2.30. The molecule has 0 radical (unpaired) electrons. The van der Waals surface area contributed by atoms with Gasteiger partial charge in [-0.3, -0.25) is 4.99 Å². The molecule has 0 fully saturated rings. The zero-order valence-corrected chi connectivity index (χ0v) is 15.2. The molecular weight excluding hydrogens is 395 g/mol. The fourth-order valence-corrected chi connectivity index (χ4v) is 2.54. The number of hydrogen-bond acceptors (Lipinski definition) is 4. The van der Waals surface area contributed by atoms with Crippen molar-refractivity contribution in [1.82, 2.24) is 0 Å². The van der Waals surface area contributed by atoms with Crippen molar-refractivity contribution in [2.24, 2.45) is 4.99 Å². The van der Waals surface area contributed by atoms with Gasteiger partial charge in [0.15, 0.2) is 0 Å². The van der Waals surface area contributed by atoms with Crippen molar-refractivity contribution in [2.75, 3.05) is 0 Å². The largest absolute Gasteiger partial charge is 0.573 e. The van der Waals surface area contributed by atoms with Crippen LogP contribution in [-0.2, 0) is 13.2 Å². The molecule has 1 aromatic heterocycles. The zero-order valence-electron chi connectivity index (χ0n) is 14.4. The minimum Gasteiger partial charge on any atom is -0.489 e. The van der Waals surface area contributed by atoms with Crippen LogP contribution in [0, 0.1) is 0 Å². The van der Waals surface area contributed by atoms with Crippen molar-refractivity contribution in [3.8, 4) is 11.5 Å². The highest BCUT2D eigenvalue weighted by Crippen LogP contribution is 2.31. The molecule has 0 saturated carbocycles. The van der Waals surface area contributed by atoms with Gasteiger partial charge >= 0.3 is 6.36 Å². The number of nitrogens with zero attached hydrogens (tertiary/aromatic N) is 1. The third-order valence-corrected chi connectivity index (χ3v) is 3.87. The molecule has 0 bridgehead atoms. The van der Waals surface area contributed by atoms with Crippen molar-refractivity contribution < 1.29 is 27.1 Å². The first kappa shape index (κ1) is 19.8. The van der Waals surface area contributed by atoms with Crippen LogP contribution in [0.15, 0.2) is 70.3 Å². The molecule has 8 heteroatoms. The molecule has 0 unspecified atom stereocenters. The number of rotatable bonds is 7. The predicted molar refractivity (Wildman–Crippen MR) is 98.9 cm³/mol. The minimum absolute atomic E-state index is 0.137. The zero-order chi connectivity index (χ0) is 20.0. The maximum absolute atomic E-state index is 12.3. The average molecular weight is 410 g/mol. The van der Waals surface area contributed by atoms with Crippen molar-refractivity contribution in [3.05, 3.63) is 82.8 Å². The monoisotopic (exact) mass is 409 g/mol. The first-order chi connectivity index (χ1) is 13.4. The Kier molecular flexibility index (Phi) is 6.26. The lowest BCUT2D eigenvalue weighted by molar-refractivity contribution is -0.274. The summed E-state index contributed by atoms with van der Waals surface area (Å²) in [6.45, 7) is 0.609.